The molecule has 0 amide bonds. The van der Waals surface area contributed by atoms with Gasteiger partial charge in [-0.15, -0.1) is 0 Å². The Balaban J connectivity index is 2.38. The van der Waals surface area contributed by atoms with Gasteiger partial charge in [0.15, 0.2) is 0 Å². The standard InChI is InChI=1S/C8H12O3/c1-6(9)11-8-4-2-7(10)3-5-8/h2,4,7-8,10H,3,5H2,1H3/t7-,8-/m1/s1. The highest BCUT2D eigenvalue weighted by Gasteiger charge is 2.15. The first-order chi connectivity index (χ1) is 5.18. The Bertz CT molecular complexity index is 174. The maximum Gasteiger partial charge on any atom is 0.303 e. The second-order valence-electron chi connectivity index (χ2n) is 2.68. The van der Waals surface area contributed by atoms with Crippen molar-refractivity contribution in [2.75, 3.05) is 0 Å². The highest BCUT2D eigenvalue weighted by atomic mass is 16.5. The molecule has 0 saturated carbocycles. The van der Waals surface area contributed by atoms with Crippen LogP contribution in [0, 0.1) is 0 Å². The average molecular weight is 156 g/mol. The largest absolute Gasteiger partial charge is 0.458 e. The molecule has 1 rings (SSSR count). The normalized spacial score (nSPS) is 30.0. The third-order valence-electron chi connectivity index (χ3n) is 1.61. The summed E-state index contributed by atoms with van der Waals surface area (Å²) in [5.74, 6) is -0.268. The van der Waals surface area contributed by atoms with Gasteiger partial charge in [0.1, 0.15) is 6.10 Å². The van der Waals surface area contributed by atoms with Crippen molar-refractivity contribution < 1.29 is 14.6 Å². The molecule has 0 heterocycles. The summed E-state index contributed by atoms with van der Waals surface area (Å²) in [5, 5.41) is 9.03. The monoisotopic (exact) mass is 156 g/mol. The molecule has 0 aromatic rings. The molecule has 0 fully saturated rings. The van der Waals surface area contributed by atoms with E-state index in [4.69, 9.17) is 9.84 Å². The molecule has 0 bridgehead atoms. The van der Waals surface area contributed by atoms with Crippen LogP contribution in [0.5, 0.6) is 0 Å². The molecule has 1 N–H and O–H groups in total. The first-order valence-corrected chi connectivity index (χ1v) is 3.72. The lowest BCUT2D eigenvalue weighted by atomic mass is 10.0. The molecule has 3 heteroatoms. The van der Waals surface area contributed by atoms with Gasteiger partial charge in [-0.1, -0.05) is 6.08 Å². The van der Waals surface area contributed by atoms with Crippen LogP contribution in [0.15, 0.2) is 12.2 Å². The first kappa shape index (κ1) is 8.27. The fraction of sp³-hybridized carbons (Fsp3) is 0.625. The van der Waals surface area contributed by atoms with Gasteiger partial charge in [0, 0.05) is 6.92 Å². The van der Waals surface area contributed by atoms with E-state index >= 15 is 0 Å². The predicted molar refractivity (Wildman–Crippen MR) is 39.9 cm³/mol. The molecule has 3 nitrogen and oxygen atoms in total. The second kappa shape index (κ2) is 3.53. The minimum Gasteiger partial charge on any atom is -0.458 e. The number of aliphatic hydroxyl groups excluding tert-OH is 1. The smallest absolute Gasteiger partial charge is 0.303 e. The molecule has 0 saturated heterocycles. The van der Waals surface area contributed by atoms with Gasteiger partial charge in [0.25, 0.3) is 0 Å². The van der Waals surface area contributed by atoms with Gasteiger partial charge in [0.05, 0.1) is 6.10 Å². The minimum absolute atomic E-state index is 0.129. The van der Waals surface area contributed by atoms with E-state index < -0.39 is 0 Å². The summed E-state index contributed by atoms with van der Waals surface area (Å²) in [6.45, 7) is 1.39. The summed E-state index contributed by atoms with van der Waals surface area (Å²) < 4.78 is 4.90. The van der Waals surface area contributed by atoms with Crippen LogP contribution in [0.25, 0.3) is 0 Å². The predicted octanol–water partition coefficient (Wildman–Crippen LogP) is 0.629. The number of hydrogen-bond acceptors (Lipinski definition) is 3. The Labute approximate surface area is 65.7 Å². The highest BCUT2D eigenvalue weighted by molar-refractivity contribution is 5.66. The van der Waals surface area contributed by atoms with Crippen LogP contribution in [0.4, 0.5) is 0 Å². The lowest BCUT2D eigenvalue weighted by Gasteiger charge is -2.18. The molecule has 0 aromatic carbocycles. The quantitative estimate of drug-likeness (QED) is 0.447. The summed E-state index contributed by atoms with van der Waals surface area (Å²) in [6.07, 6.45) is 4.30. The fourth-order valence-corrected chi connectivity index (χ4v) is 1.09. The SMILES string of the molecule is CC(=O)O[C@@H]1C=C[C@@H](O)CC1. The van der Waals surface area contributed by atoms with Gasteiger partial charge in [0.2, 0.25) is 0 Å². The Morgan fingerprint density at radius 3 is 2.73 bits per heavy atom. The molecule has 2 atom stereocenters. The Kier molecular flexibility index (Phi) is 2.65. The topological polar surface area (TPSA) is 46.5 Å². The minimum atomic E-state index is -0.359. The van der Waals surface area contributed by atoms with Gasteiger partial charge in [-0.05, 0) is 18.9 Å². The molecule has 11 heavy (non-hydrogen) atoms. The van der Waals surface area contributed by atoms with Crippen molar-refractivity contribution >= 4 is 5.97 Å². The Morgan fingerprint density at radius 1 is 1.55 bits per heavy atom. The number of esters is 1. The van der Waals surface area contributed by atoms with Crippen LogP contribution >= 0.6 is 0 Å². The van der Waals surface area contributed by atoms with Crippen LogP contribution in [-0.2, 0) is 9.53 Å². The molecule has 1 aliphatic rings. The van der Waals surface area contributed by atoms with Crippen molar-refractivity contribution in [3.8, 4) is 0 Å². The zero-order chi connectivity index (χ0) is 8.27. The summed E-state index contributed by atoms with van der Waals surface area (Å²) in [6, 6.07) is 0. The van der Waals surface area contributed by atoms with Crippen molar-refractivity contribution in [1.82, 2.24) is 0 Å². The lowest BCUT2D eigenvalue weighted by Crippen LogP contribution is -2.20. The van der Waals surface area contributed by atoms with E-state index in [2.05, 4.69) is 0 Å². The van der Waals surface area contributed by atoms with Crippen LogP contribution in [0.1, 0.15) is 19.8 Å². The molecular weight excluding hydrogens is 144 g/mol. The van der Waals surface area contributed by atoms with Gasteiger partial charge in [-0.3, -0.25) is 4.79 Å². The molecule has 0 unspecified atom stereocenters. The maximum atomic E-state index is 10.5. The third-order valence-corrected chi connectivity index (χ3v) is 1.61. The van der Waals surface area contributed by atoms with Crippen molar-refractivity contribution in [1.29, 1.82) is 0 Å². The first-order valence-electron chi connectivity index (χ1n) is 3.72. The van der Waals surface area contributed by atoms with Gasteiger partial charge >= 0.3 is 5.97 Å². The van der Waals surface area contributed by atoms with E-state index in [9.17, 15) is 4.79 Å². The van der Waals surface area contributed by atoms with Crippen molar-refractivity contribution in [3.05, 3.63) is 12.2 Å². The number of rotatable bonds is 1. The summed E-state index contributed by atoms with van der Waals surface area (Å²) in [7, 11) is 0. The molecule has 1 aliphatic carbocycles. The molecule has 62 valence electrons. The molecule has 0 aromatic heterocycles. The van der Waals surface area contributed by atoms with Crippen molar-refractivity contribution in [3.63, 3.8) is 0 Å². The van der Waals surface area contributed by atoms with E-state index in [0.717, 1.165) is 6.42 Å². The Hall–Kier alpha value is -0.830. The number of carbonyl (C=O) groups is 1. The van der Waals surface area contributed by atoms with Gasteiger partial charge in [-0.2, -0.15) is 0 Å². The number of hydrogen-bond donors (Lipinski definition) is 1. The molecule has 0 radical (unpaired) electrons. The van der Waals surface area contributed by atoms with E-state index in [1.54, 1.807) is 12.2 Å². The molecule has 0 aliphatic heterocycles. The fourth-order valence-electron chi connectivity index (χ4n) is 1.09. The zero-order valence-electron chi connectivity index (χ0n) is 6.49. The molecule has 0 spiro atoms. The maximum absolute atomic E-state index is 10.5. The number of carbonyl (C=O) groups excluding carboxylic acids is 1. The van der Waals surface area contributed by atoms with Crippen LogP contribution in [0.2, 0.25) is 0 Å². The van der Waals surface area contributed by atoms with Crippen LogP contribution in [0.3, 0.4) is 0 Å². The van der Waals surface area contributed by atoms with Crippen molar-refractivity contribution in [2.45, 2.75) is 32.0 Å². The summed E-state index contributed by atoms with van der Waals surface area (Å²) >= 11 is 0. The van der Waals surface area contributed by atoms with Crippen LogP contribution < -0.4 is 0 Å². The average Bonchev–Trinajstić information content (AvgIpc) is 1.93. The number of aliphatic hydroxyl groups is 1. The van der Waals surface area contributed by atoms with E-state index in [1.807, 2.05) is 0 Å². The van der Waals surface area contributed by atoms with E-state index in [1.165, 1.54) is 6.92 Å². The summed E-state index contributed by atoms with van der Waals surface area (Å²) in [5.41, 5.74) is 0. The third kappa shape index (κ3) is 2.72. The van der Waals surface area contributed by atoms with E-state index in [0.29, 0.717) is 6.42 Å². The zero-order valence-corrected chi connectivity index (χ0v) is 6.49. The number of ether oxygens (including phenoxy) is 1. The van der Waals surface area contributed by atoms with Crippen molar-refractivity contribution in [2.24, 2.45) is 0 Å². The lowest BCUT2D eigenvalue weighted by molar-refractivity contribution is -0.144. The second-order valence-corrected chi connectivity index (χ2v) is 2.68. The highest BCUT2D eigenvalue weighted by Crippen LogP contribution is 2.13. The van der Waals surface area contributed by atoms with Gasteiger partial charge < -0.3 is 9.84 Å². The van der Waals surface area contributed by atoms with E-state index in [-0.39, 0.29) is 18.2 Å². The van der Waals surface area contributed by atoms with Crippen LogP contribution in [-0.4, -0.2) is 23.3 Å². The Morgan fingerprint density at radius 2 is 2.27 bits per heavy atom. The summed E-state index contributed by atoms with van der Waals surface area (Å²) in [4.78, 5) is 10.5. The van der Waals surface area contributed by atoms with Gasteiger partial charge in [-0.25, -0.2) is 0 Å². The molecular formula is C8H12O3.